The number of nitrogens with one attached hydrogen (secondary N) is 1. The second kappa shape index (κ2) is 5.93. The molecule has 0 spiro atoms. The number of para-hydroxylation sites is 1. The van der Waals surface area contributed by atoms with Crippen LogP contribution in [0, 0.1) is 5.92 Å². The molecule has 3 nitrogen and oxygen atoms in total. The van der Waals surface area contributed by atoms with E-state index in [1.54, 1.807) is 0 Å². The molecule has 1 aromatic rings. The minimum absolute atomic E-state index is 0.332. The number of hydrogen-bond donors (Lipinski definition) is 1. The first kappa shape index (κ1) is 12.9. The van der Waals surface area contributed by atoms with Crippen molar-refractivity contribution in [3.8, 4) is 5.75 Å². The summed E-state index contributed by atoms with van der Waals surface area (Å²) in [7, 11) is 2.22. The Bertz CT molecular complexity index is 390. The van der Waals surface area contributed by atoms with E-state index in [4.69, 9.17) is 4.74 Å². The number of hydrogen-bond acceptors (Lipinski definition) is 3. The Labute approximate surface area is 115 Å². The van der Waals surface area contributed by atoms with Gasteiger partial charge in [0.05, 0.1) is 0 Å². The van der Waals surface area contributed by atoms with Crippen molar-refractivity contribution in [1.29, 1.82) is 0 Å². The van der Waals surface area contributed by atoms with Crippen molar-refractivity contribution in [2.24, 2.45) is 5.92 Å². The molecule has 1 fully saturated rings. The standard InChI is InChI=1S/C16H24N2O/c1-18(11-13-5-4-8-17-10-13)12-15-9-14-6-2-3-7-16(14)19-15/h2-3,6-7,13,15,17H,4-5,8-12H2,1H3. The number of benzene rings is 1. The van der Waals surface area contributed by atoms with E-state index in [-0.39, 0.29) is 0 Å². The minimum atomic E-state index is 0.332. The summed E-state index contributed by atoms with van der Waals surface area (Å²) in [5, 5.41) is 3.49. The van der Waals surface area contributed by atoms with Gasteiger partial charge in [-0.25, -0.2) is 0 Å². The number of fused-ring (bicyclic) bond motifs is 1. The molecule has 0 radical (unpaired) electrons. The van der Waals surface area contributed by atoms with Gasteiger partial charge < -0.3 is 15.0 Å². The maximum Gasteiger partial charge on any atom is 0.123 e. The molecule has 0 saturated carbocycles. The number of nitrogens with zero attached hydrogens (tertiary/aromatic N) is 1. The topological polar surface area (TPSA) is 24.5 Å². The molecule has 3 heteroatoms. The summed E-state index contributed by atoms with van der Waals surface area (Å²) < 4.78 is 6.01. The minimum Gasteiger partial charge on any atom is -0.488 e. The highest BCUT2D eigenvalue weighted by Crippen LogP contribution is 2.28. The van der Waals surface area contributed by atoms with Crippen LogP contribution in [0.3, 0.4) is 0 Å². The largest absolute Gasteiger partial charge is 0.488 e. The third-order valence-corrected chi connectivity index (χ3v) is 4.20. The highest BCUT2D eigenvalue weighted by Gasteiger charge is 2.24. The smallest absolute Gasteiger partial charge is 0.123 e. The molecule has 1 aromatic carbocycles. The summed E-state index contributed by atoms with van der Waals surface area (Å²) in [6.07, 6.45) is 4.08. The van der Waals surface area contributed by atoms with E-state index in [0.29, 0.717) is 6.10 Å². The maximum atomic E-state index is 6.01. The van der Waals surface area contributed by atoms with E-state index in [1.807, 2.05) is 0 Å². The van der Waals surface area contributed by atoms with Crippen molar-refractivity contribution in [1.82, 2.24) is 10.2 Å². The predicted octanol–water partition coefficient (Wildman–Crippen LogP) is 1.92. The normalized spacial score (nSPS) is 26.2. The molecular formula is C16H24N2O. The third-order valence-electron chi connectivity index (χ3n) is 4.20. The lowest BCUT2D eigenvalue weighted by atomic mass is 9.99. The fourth-order valence-electron chi connectivity index (χ4n) is 3.30. The lowest BCUT2D eigenvalue weighted by Crippen LogP contribution is -2.40. The zero-order chi connectivity index (χ0) is 13.1. The van der Waals surface area contributed by atoms with Crippen molar-refractivity contribution in [2.75, 3.05) is 33.2 Å². The van der Waals surface area contributed by atoms with Crippen LogP contribution in [0.5, 0.6) is 5.75 Å². The van der Waals surface area contributed by atoms with Gasteiger partial charge in [-0.3, -0.25) is 0 Å². The lowest BCUT2D eigenvalue weighted by molar-refractivity contribution is 0.150. The van der Waals surface area contributed by atoms with Gasteiger partial charge in [-0.2, -0.15) is 0 Å². The van der Waals surface area contributed by atoms with E-state index in [1.165, 1.54) is 38.0 Å². The summed E-state index contributed by atoms with van der Waals surface area (Å²) in [5.74, 6) is 1.89. The summed E-state index contributed by atoms with van der Waals surface area (Å²) in [6.45, 7) is 4.59. The first-order valence-electron chi connectivity index (χ1n) is 7.45. The molecule has 1 N–H and O–H groups in total. The zero-order valence-electron chi connectivity index (χ0n) is 11.8. The molecule has 1 saturated heterocycles. The van der Waals surface area contributed by atoms with Gasteiger partial charge in [0.1, 0.15) is 11.9 Å². The van der Waals surface area contributed by atoms with E-state index in [0.717, 1.165) is 24.6 Å². The number of ether oxygens (including phenoxy) is 1. The molecule has 2 atom stereocenters. The molecule has 2 heterocycles. The molecule has 2 aliphatic rings. The Kier molecular flexibility index (Phi) is 4.04. The Hall–Kier alpha value is -1.06. The number of likely N-dealkylation sites (N-methyl/N-ethyl adjacent to an activating group) is 1. The van der Waals surface area contributed by atoms with Crippen LogP contribution in [-0.4, -0.2) is 44.2 Å². The van der Waals surface area contributed by atoms with E-state index >= 15 is 0 Å². The maximum absolute atomic E-state index is 6.01. The Morgan fingerprint density at radius 1 is 1.32 bits per heavy atom. The van der Waals surface area contributed by atoms with Crippen LogP contribution < -0.4 is 10.1 Å². The lowest BCUT2D eigenvalue weighted by Gasteiger charge is -2.28. The highest BCUT2D eigenvalue weighted by molar-refractivity contribution is 5.37. The third kappa shape index (κ3) is 3.28. The Balaban J connectivity index is 1.47. The van der Waals surface area contributed by atoms with Crippen LogP contribution in [0.2, 0.25) is 0 Å². The van der Waals surface area contributed by atoms with Crippen molar-refractivity contribution in [3.63, 3.8) is 0 Å². The number of rotatable bonds is 4. The molecule has 19 heavy (non-hydrogen) atoms. The molecule has 0 aliphatic carbocycles. The van der Waals surface area contributed by atoms with Crippen LogP contribution >= 0.6 is 0 Å². The molecule has 2 unspecified atom stereocenters. The van der Waals surface area contributed by atoms with Crippen LogP contribution in [0.15, 0.2) is 24.3 Å². The average molecular weight is 260 g/mol. The Morgan fingerprint density at radius 3 is 3.00 bits per heavy atom. The fourth-order valence-corrected chi connectivity index (χ4v) is 3.30. The molecule has 0 aromatic heterocycles. The molecule has 104 valence electrons. The first-order chi connectivity index (χ1) is 9.31. The Morgan fingerprint density at radius 2 is 2.21 bits per heavy atom. The summed E-state index contributed by atoms with van der Waals surface area (Å²) in [5.41, 5.74) is 1.36. The number of piperidine rings is 1. The average Bonchev–Trinajstić information content (AvgIpc) is 2.81. The fraction of sp³-hybridized carbons (Fsp3) is 0.625. The van der Waals surface area contributed by atoms with Gasteiger partial charge in [-0.1, -0.05) is 18.2 Å². The first-order valence-corrected chi connectivity index (χ1v) is 7.45. The van der Waals surface area contributed by atoms with Crippen LogP contribution in [0.1, 0.15) is 18.4 Å². The van der Waals surface area contributed by atoms with E-state index in [2.05, 4.69) is 41.5 Å². The zero-order valence-corrected chi connectivity index (χ0v) is 11.8. The molecule has 0 amide bonds. The highest BCUT2D eigenvalue weighted by atomic mass is 16.5. The van der Waals surface area contributed by atoms with Crippen LogP contribution in [0.4, 0.5) is 0 Å². The van der Waals surface area contributed by atoms with Crippen molar-refractivity contribution in [3.05, 3.63) is 29.8 Å². The monoisotopic (exact) mass is 260 g/mol. The van der Waals surface area contributed by atoms with Crippen molar-refractivity contribution >= 4 is 0 Å². The summed E-state index contributed by atoms with van der Waals surface area (Å²) in [4.78, 5) is 2.44. The van der Waals surface area contributed by atoms with Gasteiger partial charge >= 0.3 is 0 Å². The predicted molar refractivity (Wildman–Crippen MR) is 77.7 cm³/mol. The quantitative estimate of drug-likeness (QED) is 0.895. The van der Waals surface area contributed by atoms with Gasteiger partial charge in [0.25, 0.3) is 0 Å². The van der Waals surface area contributed by atoms with Crippen LogP contribution in [0.25, 0.3) is 0 Å². The second-order valence-corrected chi connectivity index (χ2v) is 5.99. The summed E-state index contributed by atoms with van der Waals surface area (Å²) in [6, 6.07) is 8.42. The van der Waals surface area contributed by atoms with Gasteiger partial charge in [-0.05, 0) is 50.5 Å². The van der Waals surface area contributed by atoms with Crippen molar-refractivity contribution < 1.29 is 4.74 Å². The molecule has 0 bridgehead atoms. The van der Waals surface area contributed by atoms with Gasteiger partial charge in [0.2, 0.25) is 0 Å². The van der Waals surface area contributed by atoms with Crippen molar-refractivity contribution in [2.45, 2.75) is 25.4 Å². The van der Waals surface area contributed by atoms with E-state index in [9.17, 15) is 0 Å². The SMILES string of the molecule is CN(CC1CCCNC1)CC1Cc2ccccc2O1. The van der Waals surface area contributed by atoms with Gasteiger partial charge in [0.15, 0.2) is 0 Å². The van der Waals surface area contributed by atoms with Crippen LogP contribution in [-0.2, 0) is 6.42 Å². The van der Waals surface area contributed by atoms with E-state index < -0.39 is 0 Å². The molecule has 2 aliphatic heterocycles. The van der Waals surface area contributed by atoms with Gasteiger partial charge in [-0.15, -0.1) is 0 Å². The van der Waals surface area contributed by atoms with Gasteiger partial charge in [0, 0.05) is 19.5 Å². The second-order valence-electron chi connectivity index (χ2n) is 5.99. The summed E-state index contributed by atoms with van der Waals surface area (Å²) >= 11 is 0. The molecular weight excluding hydrogens is 236 g/mol. The molecule has 3 rings (SSSR count).